The Kier molecular flexibility index (Phi) is 5.58. The lowest BCUT2D eigenvalue weighted by Gasteiger charge is -2.22. The second-order valence-corrected chi connectivity index (χ2v) is 7.43. The monoisotopic (exact) mass is 344 g/mol. The number of imidazole rings is 1. The van der Waals surface area contributed by atoms with Gasteiger partial charge in [-0.3, -0.25) is 9.69 Å². The van der Waals surface area contributed by atoms with E-state index in [4.69, 9.17) is 0 Å². The Hall–Kier alpha value is -1.79. The van der Waals surface area contributed by atoms with Crippen molar-refractivity contribution in [2.45, 2.75) is 25.9 Å². The van der Waals surface area contributed by atoms with Crippen molar-refractivity contribution < 1.29 is 4.79 Å². The predicted molar refractivity (Wildman–Crippen MR) is 99.5 cm³/mol. The maximum Gasteiger partial charge on any atom is 0.238 e. The van der Waals surface area contributed by atoms with Crippen LogP contribution in [0.5, 0.6) is 0 Å². The predicted octanol–water partition coefficient (Wildman–Crippen LogP) is 2.62. The average Bonchev–Trinajstić information content (AvgIpc) is 3.22. The van der Waals surface area contributed by atoms with Gasteiger partial charge in [-0.1, -0.05) is 12.1 Å². The van der Waals surface area contributed by atoms with E-state index in [0.717, 1.165) is 23.8 Å². The van der Waals surface area contributed by atoms with Crippen molar-refractivity contribution in [3.8, 4) is 0 Å². The van der Waals surface area contributed by atoms with E-state index in [-0.39, 0.29) is 5.91 Å². The normalized spacial score (nSPS) is 17.4. The second kappa shape index (κ2) is 7.85. The maximum absolute atomic E-state index is 12.2. The van der Waals surface area contributed by atoms with Crippen molar-refractivity contribution in [1.82, 2.24) is 14.5 Å². The Morgan fingerprint density at radius 1 is 1.42 bits per heavy atom. The number of thioether (sulfide) groups is 1. The summed E-state index contributed by atoms with van der Waals surface area (Å²) < 4.78 is 2.10. The molecule has 24 heavy (non-hydrogen) atoms. The summed E-state index contributed by atoms with van der Waals surface area (Å²) in [6.07, 6.45) is 4.96. The third-order valence-electron chi connectivity index (χ3n) is 4.44. The van der Waals surface area contributed by atoms with E-state index >= 15 is 0 Å². The quantitative estimate of drug-likeness (QED) is 0.875. The van der Waals surface area contributed by atoms with Crippen molar-refractivity contribution >= 4 is 23.4 Å². The maximum atomic E-state index is 12.2. The number of aromatic nitrogens is 2. The largest absolute Gasteiger partial charge is 0.331 e. The number of carbonyl (C=O) groups is 1. The molecule has 1 aromatic carbocycles. The van der Waals surface area contributed by atoms with Crippen LogP contribution in [0.15, 0.2) is 36.7 Å². The molecule has 3 rings (SSSR count). The number of aryl methyl sites for hydroxylation is 1. The fourth-order valence-electron chi connectivity index (χ4n) is 2.89. The number of hydrogen-bond donors (Lipinski definition) is 1. The molecular weight excluding hydrogens is 320 g/mol. The molecule has 0 radical (unpaired) electrons. The first-order chi connectivity index (χ1) is 11.6. The Balaban J connectivity index is 1.52. The van der Waals surface area contributed by atoms with Crippen LogP contribution in [0.4, 0.5) is 5.69 Å². The molecule has 1 saturated heterocycles. The number of carbonyl (C=O) groups excluding carboxylic acids is 1. The summed E-state index contributed by atoms with van der Waals surface area (Å²) in [5.74, 6) is 3.38. The summed E-state index contributed by atoms with van der Waals surface area (Å²) in [6, 6.07) is 8.55. The summed E-state index contributed by atoms with van der Waals surface area (Å²) in [6.45, 7) is 3.23. The van der Waals surface area contributed by atoms with E-state index in [1.165, 1.54) is 17.7 Å². The molecule has 1 aliphatic rings. The highest BCUT2D eigenvalue weighted by Gasteiger charge is 2.21. The molecule has 1 aliphatic heterocycles. The standard InChI is InChI=1S/C18H24N4OS/c1-14-19-8-9-22(14)11-15-3-5-16(6-4-15)20-18(23)12-21(2)17-7-10-24-13-17/h3-6,8-9,17H,7,10-13H2,1-2H3,(H,20,23)/t17-/m0/s1. The Morgan fingerprint density at radius 2 is 2.21 bits per heavy atom. The zero-order valence-electron chi connectivity index (χ0n) is 14.2. The average molecular weight is 344 g/mol. The topological polar surface area (TPSA) is 50.2 Å². The summed E-state index contributed by atoms with van der Waals surface area (Å²) in [5.41, 5.74) is 2.04. The molecule has 5 nitrogen and oxygen atoms in total. The van der Waals surface area contributed by atoms with Crippen LogP contribution >= 0.6 is 11.8 Å². The Labute approximate surface area is 147 Å². The fourth-order valence-corrected chi connectivity index (χ4v) is 4.19. The van der Waals surface area contributed by atoms with E-state index in [2.05, 4.69) is 19.8 Å². The van der Waals surface area contributed by atoms with Gasteiger partial charge in [0.05, 0.1) is 6.54 Å². The lowest BCUT2D eigenvalue weighted by molar-refractivity contribution is -0.117. The summed E-state index contributed by atoms with van der Waals surface area (Å²) in [5, 5.41) is 2.99. The molecule has 1 aromatic heterocycles. The fraction of sp³-hybridized carbons (Fsp3) is 0.444. The van der Waals surface area contributed by atoms with Crippen LogP contribution in [-0.2, 0) is 11.3 Å². The van der Waals surface area contributed by atoms with Crippen LogP contribution in [0, 0.1) is 6.92 Å². The van der Waals surface area contributed by atoms with Gasteiger partial charge in [-0.25, -0.2) is 4.98 Å². The summed E-state index contributed by atoms with van der Waals surface area (Å²) in [4.78, 5) is 18.6. The zero-order valence-corrected chi connectivity index (χ0v) is 15.1. The first-order valence-electron chi connectivity index (χ1n) is 8.26. The Bertz CT molecular complexity index is 677. The minimum absolute atomic E-state index is 0.0487. The molecule has 0 bridgehead atoms. The molecule has 0 saturated carbocycles. The van der Waals surface area contributed by atoms with E-state index in [9.17, 15) is 4.79 Å². The SMILES string of the molecule is Cc1nccn1Cc1ccc(NC(=O)CN(C)[C@H]2CCSC2)cc1. The molecule has 2 aromatic rings. The number of nitrogens with zero attached hydrogens (tertiary/aromatic N) is 3. The van der Waals surface area contributed by atoms with Gasteiger partial charge in [-0.2, -0.15) is 11.8 Å². The lowest BCUT2D eigenvalue weighted by atomic mass is 10.2. The molecule has 0 unspecified atom stereocenters. The number of nitrogens with one attached hydrogen (secondary N) is 1. The van der Waals surface area contributed by atoms with Crippen molar-refractivity contribution in [2.24, 2.45) is 0 Å². The van der Waals surface area contributed by atoms with Gasteiger partial charge in [0, 0.05) is 36.4 Å². The highest BCUT2D eigenvalue weighted by atomic mass is 32.2. The Morgan fingerprint density at radius 3 is 2.83 bits per heavy atom. The van der Waals surface area contributed by atoms with Crippen molar-refractivity contribution in [3.05, 3.63) is 48.0 Å². The van der Waals surface area contributed by atoms with Crippen LogP contribution < -0.4 is 5.32 Å². The molecule has 1 atom stereocenters. The molecule has 1 N–H and O–H groups in total. The van der Waals surface area contributed by atoms with Crippen molar-refractivity contribution in [3.63, 3.8) is 0 Å². The zero-order chi connectivity index (χ0) is 16.9. The van der Waals surface area contributed by atoms with E-state index < -0.39 is 0 Å². The molecule has 6 heteroatoms. The number of rotatable bonds is 6. The third kappa shape index (κ3) is 4.39. The lowest BCUT2D eigenvalue weighted by Crippen LogP contribution is -2.37. The van der Waals surface area contributed by atoms with E-state index in [1.54, 1.807) is 0 Å². The van der Waals surface area contributed by atoms with Crippen molar-refractivity contribution in [2.75, 3.05) is 30.4 Å². The van der Waals surface area contributed by atoms with Crippen molar-refractivity contribution in [1.29, 1.82) is 0 Å². The van der Waals surface area contributed by atoms with Crippen LogP contribution in [0.2, 0.25) is 0 Å². The van der Waals surface area contributed by atoms with E-state index in [1.807, 2.05) is 62.4 Å². The molecule has 0 aliphatic carbocycles. The van der Waals surface area contributed by atoms with Crippen LogP contribution in [-0.4, -0.2) is 51.5 Å². The van der Waals surface area contributed by atoms with E-state index in [0.29, 0.717) is 12.6 Å². The van der Waals surface area contributed by atoms with Gasteiger partial charge in [0.1, 0.15) is 5.82 Å². The summed E-state index contributed by atoms with van der Waals surface area (Å²) in [7, 11) is 2.03. The molecule has 0 spiro atoms. The smallest absolute Gasteiger partial charge is 0.238 e. The first kappa shape index (κ1) is 17.0. The minimum Gasteiger partial charge on any atom is -0.331 e. The highest BCUT2D eigenvalue weighted by Crippen LogP contribution is 2.21. The molecule has 1 fully saturated rings. The van der Waals surface area contributed by atoms with Crippen LogP contribution in [0.3, 0.4) is 0 Å². The molecule has 128 valence electrons. The van der Waals surface area contributed by atoms with Gasteiger partial charge < -0.3 is 9.88 Å². The number of amides is 1. The summed E-state index contributed by atoms with van der Waals surface area (Å²) >= 11 is 1.97. The van der Waals surface area contributed by atoms with Crippen LogP contribution in [0.1, 0.15) is 17.8 Å². The number of benzene rings is 1. The molecule has 2 heterocycles. The number of hydrogen-bond acceptors (Lipinski definition) is 4. The van der Waals surface area contributed by atoms with Gasteiger partial charge in [-0.15, -0.1) is 0 Å². The van der Waals surface area contributed by atoms with Gasteiger partial charge >= 0.3 is 0 Å². The highest BCUT2D eigenvalue weighted by molar-refractivity contribution is 7.99. The minimum atomic E-state index is 0.0487. The number of anilines is 1. The molecule has 1 amide bonds. The van der Waals surface area contributed by atoms with Gasteiger partial charge in [0.2, 0.25) is 5.91 Å². The van der Waals surface area contributed by atoms with Gasteiger partial charge in [-0.05, 0) is 43.8 Å². The van der Waals surface area contributed by atoms with Gasteiger partial charge in [0.25, 0.3) is 0 Å². The third-order valence-corrected chi connectivity index (χ3v) is 5.58. The number of likely N-dealkylation sites (N-methyl/N-ethyl adjacent to an activating group) is 1. The first-order valence-corrected chi connectivity index (χ1v) is 9.42. The molecular formula is C18H24N4OS. The van der Waals surface area contributed by atoms with Gasteiger partial charge in [0.15, 0.2) is 0 Å². The second-order valence-electron chi connectivity index (χ2n) is 6.28. The van der Waals surface area contributed by atoms with Crippen LogP contribution in [0.25, 0.3) is 0 Å².